The van der Waals surface area contributed by atoms with Crippen LogP contribution in [0.25, 0.3) is 10.9 Å². The molecule has 0 aliphatic carbocycles. The van der Waals surface area contributed by atoms with E-state index < -0.39 is 34.8 Å². The molecular formula is C27H24Cl3FN4O3S. The lowest BCUT2D eigenvalue weighted by molar-refractivity contribution is -0.121. The molecule has 204 valence electrons. The Morgan fingerprint density at radius 1 is 0.949 bits per heavy atom. The third-order valence-corrected chi connectivity index (χ3v) is 8.51. The summed E-state index contributed by atoms with van der Waals surface area (Å²) in [4.78, 5) is 17.0. The summed E-state index contributed by atoms with van der Waals surface area (Å²) in [6.45, 7) is -0.126. The van der Waals surface area contributed by atoms with Crippen molar-refractivity contribution in [2.24, 2.45) is 0 Å². The summed E-state index contributed by atoms with van der Waals surface area (Å²) in [7, 11) is -4.18. The number of halogens is 4. The molecule has 0 aliphatic rings. The van der Waals surface area contributed by atoms with Gasteiger partial charge in [-0.2, -0.15) is 4.31 Å². The molecule has 39 heavy (non-hydrogen) atoms. The molecular weight excluding hydrogens is 586 g/mol. The molecule has 0 radical (unpaired) electrons. The van der Waals surface area contributed by atoms with Gasteiger partial charge in [-0.15, -0.1) is 0 Å². The van der Waals surface area contributed by atoms with Gasteiger partial charge in [0, 0.05) is 57.5 Å². The molecule has 0 aliphatic heterocycles. The summed E-state index contributed by atoms with van der Waals surface area (Å²) < 4.78 is 42.1. The lowest BCUT2D eigenvalue weighted by atomic mass is 10.2. The van der Waals surface area contributed by atoms with E-state index in [1.165, 1.54) is 42.5 Å². The molecule has 0 spiro atoms. The zero-order chi connectivity index (χ0) is 28.0. The summed E-state index contributed by atoms with van der Waals surface area (Å²) in [6.07, 6.45) is 2.24. The SMILES string of the molecule is O=C(CN(Cc1c(F)cccc1Cl)S(=O)(=O)c1ccc(Cl)cc1)NCCCNc1ccnc2cc(Cl)ccc12. The predicted octanol–water partition coefficient (Wildman–Crippen LogP) is 6.14. The van der Waals surface area contributed by atoms with E-state index in [1.54, 1.807) is 18.3 Å². The van der Waals surface area contributed by atoms with Crippen LogP contribution in [0.3, 0.4) is 0 Å². The highest BCUT2D eigenvalue weighted by Crippen LogP contribution is 2.26. The summed E-state index contributed by atoms with van der Waals surface area (Å²) in [6, 6.07) is 16.9. The molecule has 3 aromatic carbocycles. The third-order valence-electron chi connectivity index (χ3n) is 5.86. The van der Waals surface area contributed by atoms with Gasteiger partial charge in [-0.3, -0.25) is 9.78 Å². The second kappa shape index (κ2) is 12.9. The third kappa shape index (κ3) is 7.38. The molecule has 1 amide bonds. The number of anilines is 1. The highest BCUT2D eigenvalue weighted by atomic mass is 35.5. The molecule has 4 aromatic rings. The number of hydrogen-bond acceptors (Lipinski definition) is 5. The van der Waals surface area contributed by atoms with E-state index in [0.29, 0.717) is 23.0 Å². The predicted molar refractivity (Wildman–Crippen MR) is 153 cm³/mol. The number of sulfonamides is 1. The lowest BCUT2D eigenvalue weighted by Crippen LogP contribution is -2.41. The van der Waals surface area contributed by atoms with E-state index in [2.05, 4.69) is 15.6 Å². The lowest BCUT2D eigenvalue weighted by Gasteiger charge is -2.23. The number of aromatic nitrogens is 1. The second-order valence-electron chi connectivity index (χ2n) is 8.58. The first-order valence-electron chi connectivity index (χ1n) is 11.9. The van der Waals surface area contributed by atoms with Crippen LogP contribution in [0.2, 0.25) is 15.1 Å². The summed E-state index contributed by atoms with van der Waals surface area (Å²) in [5.41, 5.74) is 1.61. The van der Waals surface area contributed by atoms with Crippen molar-refractivity contribution in [2.75, 3.05) is 25.0 Å². The average Bonchev–Trinajstić information content (AvgIpc) is 2.90. The van der Waals surface area contributed by atoms with Gasteiger partial charge in [0.05, 0.1) is 17.0 Å². The van der Waals surface area contributed by atoms with Crippen molar-refractivity contribution in [1.82, 2.24) is 14.6 Å². The van der Waals surface area contributed by atoms with E-state index in [1.807, 2.05) is 12.1 Å². The Kier molecular flexibility index (Phi) is 9.63. The fourth-order valence-corrected chi connectivity index (χ4v) is 5.75. The number of pyridine rings is 1. The number of fused-ring (bicyclic) bond motifs is 1. The highest BCUT2D eigenvalue weighted by Gasteiger charge is 2.28. The monoisotopic (exact) mass is 608 g/mol. The van der Waals surface area contributed by atoms with Crippen LogP contribution in [-0.2, 0) is 21.4 Å². The number of benzene rings is 3. The average molecular weight is 610 g/mol. The van der Waals surface area contributed by atoms with E-state index in [4.69, 9.17) is 34.8 Å². The van der Waals surface area contributed by atoms with Crippen LogP contribution in [-0.4, -0.2) is 43.2 Å². The van der Waals surface area contributed by atoms with Gasteiger partial charge >= 0.3 is 0 Å². The second-order valence-corrected chi connectivity index (χ2v) is 11.8. The molecule has 4 rings (SSSR count). The van der Waals surface area contributed by atoms with Gasteiger partial charge in [0.15, 0.2) is 0 Å². The van der Waals surface area contributed by atoms with E-state index in [9.17, 15) is 17.6 Å². The fourth-order valence-electron chi connectivity index (χ4n) is 3.87. The summed E-state index contributed by atoms with van der Waals surface area (Å²) >= 11 is 18.1. The van der Waals surface area contributed by atoms with Gasteiger partial charge in [-0.25, -0.2) is 12.8 Å². The number of nitrogens with zero attached hydrogens (tertiary/aromatic N) is 2. The van der Waals surface area contributed by atoms with Crippen LogP contribution < -0.4 is 10.6 Å². The van der Waals surface area contributed by atoms with Crippen molar-refractivity contribution < 1.29 is 17.6 Å². The zero-order valence-electron chi connectivity index (χ0n) is 20.5. The van der Waals surface area contributed by atoms with E-state index in [0.717, 1.165) is 20.9 Å². The van der Waals surface area contributed by atoms with Crippen molar-refractivity contribution in [3.8, 4) is 0 Å². The van der Waals surface area contributed by atoms with Crippen LogP contribution in [0.5, 0.6) is 0 Å². The maximum atomic E-state index is 14.5. The first kappa shape index (κ1) is 29.0. The maximum Gasteiger partial charge on any atom is 0.243 e. The molecule has 0 unspecified atom stereocenters. The van der Waals surface area contributed by atoms with Gasteiger partial charge in [0.2, 0.25) is 15.9 Å². The van der Waals surface area contributed by atoms with Crippen LogP contribution in [0.15, 0.2) is 77.8 Å². The van der Waals surface area contributed by atoms with Gasteiger partial charge in [-0.1, -0.05) is 40.9 Å². The summed E-state index contributed by atoms with van der Waals surface area (Å²) in [5, 5.41) is 7.97. The standard InChI is InChI=1S/C27H24Cl3FN4O3S/c28-18-5-8-20(9-6-18)39(37,38)35(16-22-23(30)3-1-4-24(22)31)17-27(36)34-13-2-12-32-25-11-14-33-26-15-19(29)7-10-21(25)26/h1,3-11,14-15H,2,12-13,16-17H2,(H,32,33)(H,34,36). The van der Waals surface area contributed by atoms with Gasteiger partial charge in [0.25, 0.3) is 0 Å². The Bertz CT molecular complexity index is 1570. The Hall–Kier alpha value is -2.95. The molecule has 0 saturated heterocycles. The Morgan fingerprint density at radius 3 is 2.44 bits per heavy atom. The van der Waals surface area contributed by atoms with Gasteiger partial charge in [0.1, 0.15) is 5.82 Å². The van der Waals surface area contributed by atoms with Crippen molar-refractivity contribution in [3.63, 3.8) is 0 Å². The first-order valence-corrected chi connectivity index (χ1v) is 14.5. The first-order chi connectivity index (χ1) is 18.6. The van der Waals surface area contributed by atoms with Crippen LogP contribution in [0.4, 0.5) is 10.1 Å². The van der Waals surface area contributed by atoms with E-state index >= 15 is 0 Å². The minimum atomic E-state index is -4.18. The Morgan fingerprint density at radius 2 is 1.69 bits per heavy atom. The zero-order valence-corrected chi connectivity index (χ0v) is 23.6. The number of carbonyl (C=O) groups excluding carboxylic acids is 1. The van der Waals surface area contributed by atoms with Gasteiger partial charge in [-0.05, 0) is 67.1 Å². The number of amides is 1. The quantitative estimate of drug-likeness (QED) is 0.199. The smallest absolute Gasteiger partial charge is 0.243 e. The maximum absolute atomic E-state index is 14.5. The number of carbonyl (C=O) groups is 1. The normalized spacial score (nSPS) is 11.6. The molecule has 1 heterocycles. The minimum Gasteiger partial charge on any atom is -0.384 e. The van der Waals surface area contributed by atoms with E-state index in [-0.39, 0.29) is 22.0 Å². The van der Waals surface area contributed by atoms with Crippen LogP contribution >= 0.6 is 34.8 Å². The molecule has 0 fully saturated rings. The molecule has 1 aromatic heterocycles. The fraction of sp³-hybridized carbons (Fsp3) is 0.185. The number of rotatable bonds is 11. The van der Waals surface area contributed by atoms with Crippen molar-refractivity contribution in [3.05, 3.63) is 99.4 Å². The van der Waals surface area contributed by atoms with Crippen molar-refractivity contribution in [2.45, 2.75) is 17.9 Å². The molecule has 0 atom stereocenters. The Balaban J connectivity index is 1.40. The number of hydrogen-bond donors (Lipinski definition) is 2. The Labute approximate surface area is 240 Å². The molecule has 0 saturated carbocycles. The molecule has 7 nitrogen and oxygen atoms in total. The summed E-state index contributed by atoms with van der Waals surface area (Å²) in [5.74, 6) is -1.21. The number of nitrogens with one attached hydrogen (secondary N) is 2. The minimum absolute atomic E-state index is 0.0282. The molecule has 12 heteroatoms. The highest BCUT2D eigenvalue weighted by molar-refractivity contribution is 7.89. The molecule has 2 N–H and O–H groups in total. The van der Waals surface area contributed by atoms with Crippen molar-refractivity contribution >= 4 is 67.3 Å². The van der Waals surface area contributed by atoms with Gasteiger partial charge < -0.3 is 10.6 Å². The molecule has 0 bridgehead atoms. The topological polar surface area (TPSA) is 91.4 Å². The van der Waals surface area contributed by atoms with Crippen LogP contribution in [0.1, 0.15) is 12.0 Å². The van der Waals surface area contributed by atoms with Crippen molar-refractivity contribution in [1.29, 1.82) is 0 Å². The largest absolute Gasteiger partial charge is 0.384 e. The van der Waals surface area contributed by atoms with Crippen LogP contribution in [0, 0.1) is 5.82 Å².